The molecule has 2 aromatic heterocycles. The van der Waals surface area contributed by atoms with Gasteiger partial charge in [0.1, 0.15) is 17.1 Å². The summed E-state index contributed by atoms with van der Waals surface area (Å²) >= 11 is 0. The van der Waals surface area contributed by atoms with E-state index < -0.39 is 11.2 Å². The number of nitrogen functional groups attached to an aromatic ring is 1. The molecule has 0 fully saturated rings. The zero-order chi connectivity index (χ0) is 27.6. The van der Waals surface area contributed by atoms with E-state index in [4.69, 9.17) is 10.5 Å². The average molecular weight is 531 g/mol. The van der Waals surface area contributed by atoms with Crippen molar-refractivity contribution >= 4 is 26.7 Å². The number of ether oxygens (including phenoxy) is 1. The number of amides is 1. The lowest BCUT2D eigenvalue weighted by molar-refractivity contribution is -0.118. The molecule has 0 aliphatic heterocycles. The smallest absolute Gasteiger partial charge is 0.287 e. The van der Waals surface area contributed by atoms with Crippen LogP contribution in [0.4, 0.5) is 14.6 Å². The number of rotatable bonds is 9. The summed E-state index contributed by atoms with van der Waals surface area (Å²) in [5.41, 5.74) is 4.55. The zero-order valence-corrected chi connectivity index (χ0v) is 22.6. The van der Waals surface area contributed by atoms with Crippen LogP contribution in [0.3, 0.4) is 0 Å². The number of alkyl halides is 2. The SMILES string of the molecule is C=C(c1cnc(N)c(C(F)(F)P)c1)n1nc(-c2ccc(OCCCNC(C)=O)cc2)ccc1=NC.CC. The molecule has 0 aliphatic rings. The highest BCUT2D eigenvalue weighted by Gasteiger charge is 2.28. The van der Waals surface area contributed by atoms with Crippen LogP contribution >= 0.6 is 9.24 Å². The second-order valence-electron chi connectivity index (χ2n) is 7.65. The first kappa shape index (κ1) is 29.6. The Labute approximate surface area is 217 Å². The van der Waals surface area contributed by atoms with Gasteiger partial charge in [-0.15, -0.1) is 0 Å². The number of nitrogens with one attached hydrogen (secondary N) is 1. The predicted octanol–water partition coefficient (Wildman–Crippen LogP) is 4.43. The van der Waals surface area contributed by atoms with Crippen molar-refractivity contribution in [3.05, 3.63) is 71.9 Å². The molecule has 3 aromatic rings. The van der Waals surface area contributed by atoms with E-state index in [9.17, 15) is 13.6 Å². The van der Waals surface area contributed by atoms with Crippen LogP contribution < -0.4 is 21.3 Å². The van der Waals surface area contributed by atoms with Crippen LogP contribution in [-0.4, -0.2) is 40.9 Å². The number of hydrogen-bond donors (Lipinski definition) is 2. The molecule has 0 spiro atoms. The number of pyridine rings is 1. The molecular weight excluding hydrogens is 497 g/mol. The summed E-state index contributed by atoms with van der Waals surface area (Å²) < 4.78 is 35.0. The summed E-state index contributed by atoms with van der Waals surface area (Å²) in [6.07, 6.45) is 2.06. The molecule has 3 N–H and O–H groups in total. The maximum absolute atomic E-state index is 13.9. The zero-order valence-electron chi connectivity index (χ0n) is 21.5. The molecule has 1 aromatic carbocycles. The topological polar surface area (TPSA) is 107 Å². The number of carbonyl (C=O) groups is 1. The molecule has 0 saturated carbocycles. The van der Waals surface area contributed by atoms with Gasteiger partial charge in [0.15, 0.2) is 0 Å². The predicted molar refractivity (Wildman–Crippen MR) is 146 cm³/mol. The molecule has 0 bridgehead atoms. The van der Waals surface area contributed by atoms with Gasteiger partial charge in [-0.05, 0) is 48.9 Å². The van der Waals surface area contributed by atoms with Gasteiger partial charge in [-0.2, -0.15) is 13.9 Å². The molecule has 37 heavy (non-hydrogen) atoms. The molecule has 0 aliphatic carbocycles. The highest BCUT2D eigenvalue weighted by atomic mass is 31.0. The largest absolute Gasteiger partial charge is 0.494 e. The first-order chi connectivity index (χ1) is 17.6. The normalized spacial score (nSPS) is 11.4. The molecule has 1 atom stereocenters. The molecule has 1 amide bonds. The summed E-state index contributed by atoms with van der Waals surface area (Å²) in [5, 5.41) is 7.35. The van der Waals surface area contributed by atoms with Gasteiger partial charge in [0.05, 0.1) is 23.6 Å². The van der Waals surface area contributed by atoms with Crippen LogP contribution in [0.25, 0.3) is 17.0 Å². The van der Waals surface area contributed by atoms with Gasteiger partial charge in [-0.25, -0.2) is 9.67 Å². The van der Waals surface area contributed by atoms with E-state index in [0.717, 1.165) is 5.56 Å². The maximum Gasteiger partial charge on any atom is 0.287 e. The van der Waals surface area contributed by atoms with Crippen LogP contribution in [0.2, 0.25) is 0 Å². The van der Waals surface area contributed by atoms with E-state index in [2.05, 4.69) is 27.0 Å². The Balaban J connectivity index is 0.00000235. The average Bonchev–Trinajstić information content (AvgIpc) is 2.88. The van der Waals surface area contributed by atoms with Crippen molar-refractivity contribution in [2.75, 3.05) is 25.9 Å². The third kappa shape index (κ3) is 8.18. The lowest BCUT2D eigenvalue weighted by atomic mass is 10.1. The first-order valence-corrected chi connectivity index (χ1v) is 12.3. The molecule has 1 unspecified atom stereocenters. The fraction of sp³-hybridized carbons (Fsp3) is 0.308. The van der Waals surface area contributed by atoms with Crippen molar-refractivity contribution in [3.63, 3.8) is 0 Å². The van der Waals surface area contributed by atoms with E-state index in [0.29, 0.717) is 47.8 Å². The number of nitrogens with zero attached hydrogens (tertiary/aromatic N) is 4. The summed E-state index contributed by atoms with van der Waals surface area (Å²) in [5.74, 6) is 0.359. The Kier molecular flexibility index (Phi) is 10.9. The number of aromatic nitrogens is 3. The van der Waals surface area contributed by atoms with E-state index in [1.165, 1.54) is 33.1 Å². The number of halogens is 2. The number of benzene rings is 1. The maximum atomic E-state index is 13.9. The van der Waals surface area contributed by atoms with Crippen molar-refractivity contribution < 1.29 is 18.3 Å². The van der Waals surface area contributed by atoms with Crippen LogP contribution in [0.1, 0.15) is 38.3 Å². The fourth-order valence-electron chi connectivity index (χ4n) is 3.21. The standard InChI is InChI=1S/C24H27F2N6O2P.C2H6/c1-15(18-13-20(24(25,26)35)23(27)30-14-18)32-22(28-3)10-9-21(31-32)17-5-7-19(8-6-17)34-12-4-11-29-16(2)33;1-2/h5-10,13-14H,1,4,11-12,35H2,2-3H3,(H2,27,30)(H,29,33);1-2H3. The van der Waals surface area contributed by atoms with Gasteiger partial charge in [-0.1, -0.05) is 29.7 Å². The van der Waals surface area contributed by atoms with Crippen molar-refractivity contribution in [3.8, 4) is 17.0 Å². The van der Waals surface area contributed by atoms with Gasteiger partial charge in [-0.3, -0.25) is 9.79 Å². The summed E-state index contributed by atoms with van der Waals surface area (Å²) in [4.78, 5) is 19.0. The second-order valence-corrected chi connectivity index (χ2v) is 8.37. The van der Waals surface area contributed by atoms with Crippen molar-refractivity contribution in [1.82, 2.24) is 20.1 Å². The van der Waals surface area contributed by atoms with Crippen molar-refractivity contribution in [2.24, 2.45) is 4.99 Å². The quantitative estimate of drug-likeness (QED) is 0.314. The van der Waals surface area contributed by atoms with Crippen molar-refractivity contribution in [1.29, 1.82) is 0 Å². The number of carbonyl (C=O) groups excluding carboxylic acids is 1. The Morgan fingerprint density at radius 3 is 2.51 bits per heavy atom. The number of anilines is 1. The lowest BCUT2D eigenvalue weighted by Crippen LogP contribution is -2.23. The van der Waals surface area contributed by atoms with Crippen molar-refractivity contribution in [2.45, 2.75) is 32.9 Å². The number of hydrogen-bond acceptors (Lipinski definition) is 6. The molecule has 0 radical (unpaired) electrons. The molecule has 198 valence electrons. The van der Waals surface area contributed by atoms with Gasteiger partial charge < -0.3 is 15.8 Å². The molecule has 8 nitrogen and oxygen atoms in total. The second kappa shape index (κ2) is 13.6. The summed E-state index contributed by atoms with van der Waals surface area (Å²) in [6.45, 7) is 10.5. The Bertz CT molecular complexity index is 1290. The third-order valence-electron chi connectivity index (χ3n) is 5.02. The van der Waals surface area contributed by atoms with Crippen LogP contribution in [-0.2, 0) is 10.5 Å². The van der Waals surface area contributed by atoms with E-state index in [1.54, 1.807) is 19.2 Å². The first-order valence-electron chi connectivity index (χ1n) is 11.7. The van der Waals surface area contributed by atoms with E-state index >= 15 is 0 Å². The summed E-state index contributed by atoms with van der Waals surface area (Å²) in [6, 6.07) is 12.2. The van der Waals surface area contributed by atoms with Gasteiger partial charge in [0.25, 0.3) is 5.66 Å². The Morgan fingerprint density at radius 2 is 1.92 bits per heavy atom. The van der Waals surface area contributed by atoms with Crippen LogP contribution in [0, 0.1) is 0 Å². The third-order valence-corrected chi connectivity index (χ3v) is 5.34. The van der Waals surface area contributed by atoms with E-state index in [1.807, 2.05) is 38.1 Å². The molecule has 11 heteroatoms. The minimum absolute atomic E-state index is 0.0703. The summed E-state index contributed by atoms with van der Waals surface area (Å²) in [7, 11) is 3.06. The molecular formula is C26H33F2N6O2P. The minimum atomic E-state index is -3.24. The number of nitrogens with two attached hydrogens (primary N) is 1. The van der Waals surface area contributed by atoms with Gasteiger partial charge in [0, 0.05) is 37.8 Å². The van der Waals surface area contributed by atoms with E-state index in [-0.39, 0.29) is 11.7 Å². The Hall–Kier alpha value is -3.65. The van der Waals surface area contributed by atoms with Crippen LogP contribution in [0.15, 0.2) is 60.2 Å². The highest BCUT2D eigenvalue weighted by molar-refractivity contribution is 7.17. The molecule has 3 rings (SSSR count). The van der Waals surface area contributed by atoms with Crippen LogP contribution in [0.5, 0.6) is 5.75 Å². The van der Waals surface area contributed by atoms with Gasteiger partial charge >= 0.3 is 0 Å². The van der Waals surface area contributed by atoms with Gasteiger partial charge in [0.2, 0.25) is 5.91 Å². The fourth-order valence-corrected chi connectivity index (χ4v) is 3.44. The monoisotopic (exact) mass is 530 g/mol. The molecule has 0 saturated heterocycles. The minimum Gasteiger partial charge on any atom is -0.494 e. The Morgan fingerprint density at radius 1 is 1.24 bits per heavy atom. The lowest BCUT2D eigenvalue weighted by Gasteiger charge is -2.16. The molecule has 2 heterocycles. The highest BCUT2D eigenvalue weighted by Crippen LogP contribution is 2.38.